The van der Waals surface area contributed by atoms with Crippen LogP contribution in [0.3, 0.4) is 0 Å². The Morgan fingerprint density at radius 2 is 1.86 bits per heavy atom. The molecule has 1 atom stereocenters. The van der Waals surface area contributed by atoms with Crippen molar-refractivity contribution in [1.82, 2.24) is 10.6 Å². The summed E-state index contributed by atoms with van der Waals surface area (Å²) < 4.78 is 11.9. The zero-order chi connectivity index (χ0) is 16.8. The normalized spacial score (nSPS) is 21.5. The van der Waals surface area contributed by atoms with E-state index in [0.717, 1.165) is 12.5 Å². The lowest BCUT2D eigenvalue weighted by atomic mass is 9.75. The minimum atomic E-state index is -0.837. The summed E-state index contributed by atoms with van der Waals surface area (Å²) in [6, 6.07) is 0.513. The third-order valence-electron chi connectivity index (χ3n) is 4.25. The van der Waals surface area contributed by atoms with Gasteiger partial charge in [0.05, 0.1) is 6.54 Å². The predicted octanol–water partition coefficient (Wildman–Crippen LogP) is 3.06. The topological polar surface area (TPSA) is 53.5 Å². The van der Waals surface area contributed by atoms with Crippen LogP contribution in [0.15, 0.2) is 4.99 Å². The maximum atomic E-state index is 12.1. The molecule has 2 N–H and O–H groups in total. The molecule has 22 heavy (non-hydrogen) atoms. The minimum Gasteiger partial charge on any atom is -0.357 e. The lowest BCUT2D eigenvalue weighted by Crippen LogP contribution is -2.45. The Kier molecular flexibility index (Phi) is 7.36. The molecule has 0 aromatic rings. The molecule has 0 radical (unpaired) electrons. The maximum absolute atomic E-state index is 12.1. The van der Waals surface area contributed by atoms with Gasteiger partial charge in [0.1, 0.15) is 0 Å². The lowest BCUT2D eigenvalue weighted by molar-refractivity contribution is 0.216. The van der Waals surface area contributed by atoms with Crippen molar-refractivity contribution >= 4 is 16.8 Å². The summed E-state index contributed by atoms with van der Waals surface area (Å²) in [4.78, 5) is 4.60. The molecule has 0 amide bonds. The van der Waals surface area contributed by atoms with E-state index < -0.39 is 10.8 Å². The molecule has 0 heterocycles. The van der Waals surface area contributed by atoms with Gasteiger partial charge in [0, 0.05) is 33.9 Å². The Bertz CT molecular complexity index is 389. The van der Waals surface area contributed by atoms with Crippen LogP contribution in [0.4, 0.5) is 0 Å². The van der Waals surface area contributed by atoms with Gasteiger partial charge in [-0.2, -0.15) is 0 Å². The standard InChI is InChI=1S/C17H35N3OS/c1-7-18-15(19-12-13-22(21)16(2,3)4)20-14-8-10-17(5,6)11-9-14/h14H,7-13H2,1-6H3,(H2,18,19,20). The van der Waals surface area contributed by atoms with Crippen LogP contribution < -0.4 is 10.6 Å². The average molecular weight is 330 g/mol. The van der Waals surface area contributed by atoms with Crippen LogP contribution in [0.5, 0.6) is 0 Å². The first-order valence-electron chi connectivity index (χ1n) is 8.57. The van der Waals surface area contributed by atoms with Gasteiger partial charge in [0.2, 0.25) is 0 Å². The van der Waals surface area contributed by atoms with Crippen molar-refractivity contribution in [2.45, 2.75) is 78.0 Å². The lowest BCUT2D eigenvalue weighted by Gasteiger charge is -2.35. The molecule has 1 rings (SSSR count). The molecule has 0 aliphatic heterocycles. The van der Waals surface area contributed by atoms with E-state index in [0.29, 0.717) is 23.8 Å². The molecule has 0 aromatic heterocycles. The maximum Gasteiger partial charge on any atom is 0.191 e. The quantitative estimate of drug-likeness (QED) is 0.602. The van der Waals surface area contributed by atoms with Crippen molar-refractivity contribution in [1.29, 1.82) is 0 Å². The third kappa shape index (κ3) is 7.12. The van der Waals surface area contributed by atoms with E-state index >= 15 is 0 Å². The Morgan fingerprint density at radius 1 is 1.27 bits per heavy atom. The third-order valence-corrected chi connectivity index (χ3v) is 6.17. The highest BCUT2D eigenvalue weighted by Gasteiger charge is 2.27. The Morgan fingerprint density at radius 3 is 2.36 bits per heavy atom. The summed E-state index contributed by atoms with van der Waals surface area (Å²) in [6.45, 7) is 14.3. The first kappa shape index (κ1) is 19.5. The van der Waals surface area contributed by atoms with Crippen LogP contribution in [0.25, 0.3) is 0 Å². The van der Waals surface area contributed by atoms with Gasteiger partial charge in [0.25, 0.3) is 0 Å². The number of nitrogens with one attached hydrogen (secondary N) is 2. The van der Waals surface area contributed by atoms with Gasteiger partial charge in [-0.25, -0.2) is 0 Å². The first-order chi connectivity index (χ1) is 10.1. The number of aliphatic imine (C=N–C) groups is 1. The largest absolute Gasteiger partial charge is 0.357 e. The summed E-state index contributed by atoms with van der Waals surface area (Å²) in [5.74, 6) is 1.50. The van der Waals surface area contributed by atoms with E-state index in [2.05, 4.69) is 36.4 Å². The van der Waals surface area contributed by atoms with Crippen LogP contribution in [0, 0.1) is 5.41 Å². The molecule has 0 aromatic carbocycles. The van der Waals surface area contributed by atoms with E-state index in [1.54, 1.807) is 0 Å². The van der Waals surface area contributed by atoms with Gasteiger partial charge in [-0.05, 0) is 58.8 Å². The SMILES string of the molecule is CCNC(=NCCS(=O)C(C)(C)C)NC1CCC(C)(C)CC1. The summed E-state index contributed by atoms with van der Waals surface area (Å²) in [6.07, 6.45) is 4.92. The fourth-order valence-corrected chi connectivity index (χ4v) is 3.47. The summed E-state index contributed by atoms with van der Waals surface area (Å²) in [5, 5.41) is 6.85. The zero-order valence-corrected chi connectivity index (χ0v) is 16.1. The van der Waals surface area contributed by atoms with Crippen LogP contribution >= 0.6 is 0 Å². The Balaban J connectivity index is 2.48. The zero-order valence-electron chi connectivity index (χ0n) is 15.3. The molecule has 1 aliphatic rings. The molecule has 1 aliphatic carbocycles. The molecule has 1 saturated carbocycles. The van der Waals surface area contributed by atoms with Crippen LogP contribution in [-0.2, 0) is 10.8 Å². The average Bonchev–Trinajstić information content (AvgIpc) is 2.40. The van der Waals surface area contributed by atoms with Gasteiger partial charge in [-0.1, -0.05) is 13.8 Å². The number of guanidine groups is 1. The predicted molar refractivity (Wildman–Crippen MR) is 97.9 cm³/mol. The fourth-order valence-electron chi connectivity index (χ4n) is 2.60. The second kappa shape index (κ2) is 8.32. The summed E-state index contributed by atoms with van der Waals surface area (Å²) in [5.41, 5.74) is 0.483. The molecule has 1 unspecified atom stereocenters. The number of hydrogen-bond donors (Lipinski definition) is 2. The molecule has 0 spiro atoms. The van der Waals surface area contributed by atoms with Gasteiger partial charge >= 0.3 is 0 Å². The summed E-state index contributed by atoms with van der Waals surface area (Å²) in [7, 11) is -0.837. The minimum absolute atomic E-state index is 0.156. The van der Waals surface area contributed by atoms with Crippen molar-refractivity contribution in [2.24, 2.45) is 10.4 Å². The van der Waals surface area contributed by atoms with E-state index in [4.69, 9.17) is 0 Å². The van der Waals surface area contributed by atoms with Crippen molar-refractivity contribution in [3.05, 3.63) is 0 Å². The van der Waals surface area contributed by atoms with E-state index in [-0.39, 0.29) is 4.75 Å². The van der Waals surface area contributed by atoms with E-state index in [1.807, 2.05) is 20.8 Å². The smallest absolute Gasteiger partial charge is 0.191 e. The number of nitrogens with zero attached hydrogens (tertiary/aromatic N) is 1. The molecule has 0 saturated heterocycles. The molecular formula is C17H35N3OS. The number of rotatable bonds is 5. The van der Waals surface area contributed by atoms with Crippen LogP contribution in [-0.4, -0.2) is 39.8 Å². The van der Waals surface area contributed by atoms with E-state index in [1.165, 1.54) is 25.7 Å². The number of hydrogen-bond acceptors (Lipinski definition) is 2. The second-order valence-electron chi connectivity index (χ2n) is 8.01. The van der Waals surface area contributed by atoms with Gasteiger partial charge in [-0.3, -0.25) is 9.20 Å². The van der Waals surface area contributed by atoms with Crippen LogP contribution in [0.2, 0.25) is 0 Å². The van der Waals surface area contributed by atoms with Crippen LogP contribution in [0.1, 0.15) is 67.2 Å². The van der Waals surface area contributed by atoms with Crippen molar-refractivity contribution in [3.63, 3.8) is 0 Å². The highest BCUT2D eigenvalue weighted by molar-refractivity contribution is 7.86. The van der Waals surface area contributed by atoms with E-state index in [9.17, 15) is 4.21 Å². The Hall–Kier alpha value is -0.580. The molecule has 4 nitrogen and oxygen atoms in total. The molecule has 1 fully saturated rings. The highest BCUT2D eigenvalue weighted by atomic mass is 32.2. The van der Waals surface area contributed by atoms with Gasteiger partial charge in [-0.15, -0.1) is 0 Å². The fraction of sp³-hybridized carbons (Fsp3) is 0.941. The monoisotopic (exact) mass is 329 g/mol. The molecular weight excluding hydrogens is 294 g/mol. The second-order valence-corrected chi connectivity index (χ2v) is 10.3. The highest BCUT2D eigenvalue weighted by Crippen LogP contribution is 2.34. The van der Waals surface area contributed by atoms with Crippen molar-refractivity contribution < 1.29 is 4.21 Å². The van der Waals surface area contributed by atoms with Gasteiger partial charge < -0.3 is 10.6 Å². The molecule has 0 bridgehead atoms. The van der Waals surface area contributed by atoms with Crippen molar-refractivity contribution in [2.75, 3.05) is 18.8 Å². The van der Waals surface area contributed by atoms with Gasteiger partial charge in [0.15, 0.2) is 5.96 Å². The first-order valence-corrected chi connectivity index (χ1v) is 9.89. The van der Waals surface area contributed by atoms with Crippen molar-refractivity contribution in [3.8, 4) is 0 Å². The Labute approximate surface area is 139 Å². The molecule has 130 valence electrons. The molecule has 5 heteroatoms. The summed E-state index contributed by atoms with van der Waals surface area (Å²) >= 11 is 0.